The molecule has 0 spiro atoms. The number of nitrogens with one attached hydrogen (secondary N) is 1. The van der Waals surface area contributed by atoms with E-state index < -0.39 is 0 Å². The van der Waals surface area contributed by atoms with Gasteiger partial charge in [-0.25, -0.2) is 4.98 Å². The number of amides is 1. The van der Waals surface area contributed by atoms with Crippen LogP contribution in [0.2, 0.25) is 0 Å². The Labute approximate surface area is 232 Å². The first-order chi connectivity index (χ1) is 19.2. The van der Waals surface area contributed by atoms with Crippen molar-refractivity contribution in [1.29, 1.82) is 0 Å². The van der Waals surface area contributed by atoms with E-state index in [9.17, 15) is 4.79 Å². The lowest BCUT2D eigenvalue weighted by atomic mass is 10.2. The van der Waals surface area contributed by atoms with Crippen molar-refractivity contribution in [1.82, 2.24) is 29.7 Å². The third-order valence-corrected chi connectivity index (χ3v) is 8.47. The van der Waals surface area contributed by atoms with Gasteiger partial charge in [-0.05, 0) is 66.6 Å². The number of ether oxygens (including phenoxy) is 2. The summed E-state index contributed by atoms with van der Waals surface area (Å²) >= 11 is 2.93. The molecule has 1 N–H and O–H groups in total. The Balaban J connectivity index is 1.05. The molecule has 5 aromatic rings. The van der Waals surface area contributed by atoms with Crippen LogP contribution in [0.4, 0.5) is 5.13 Å². The summed E-state index contributed by atoms with van der Waals surface area (Å²) in [6.45, 7) is 4.40. The quantitative estimate of drug-likeness (QED) is 0.285. The first-order valence-electron chi connectivity index (χ1n) is 12.8. The number of nitrogens with zero attached hydrogens (tertiary/aromatic N) is 6. The Kier molecular flexibility index (Phi) is 6.60. The van der Waals surface area contributed by atoms with E-state index in [1.165, 1.54) is 28.7 Å². The Bertz CT molecular complexity index is 1640. The summed E-state index contributed by atoms with van der Waals surface area (Å²) in [7, 11) is 0. The van der Waals surface area contributed by atoms with Crippen LogP contribution < -0.4 is 10.1 Å². The molecular formula is C27H25N7O3S2. The second kappa shape index (κ2) is 10.5. The molecule has 7 rings (SSSR count). The van der Waals surface area contributed by atoms with Gasteiger partial charge in [0.2, 0.25) is 16.9 Å². The molecule has 10 nitrogen and oxygen atoms in total. The highest BCUT2D eigenvalue weighted by Gasteiger charge is 2.30. The highest BCUT2D eigenvalue weighted by Crippen LogP contribution is 2.35. The van der Waals surface area contributed by atoms with Crippen LogP contribution in [0.15, 0.2) is 64.6 Å². The Morgan fingerprint density at radius 2 is 1.92 bits per heavy atom. The number of aromatic nitrogens is 5. The number of morpholine rings is 1. The third kappa shape index (κ3) is 5.59. The third-order valence-electron chi connectivity index (χ3n) is 6.61. The predicted molar refractivity (Wildman–Crippen MR) is 148 cm³/mol. The van der Waals surface area contributed by atoms with E-state index in [4.69, 9.17) is 9.47 Å². The summed E-state index contributed by atoms with van der Waals surface area (Å²) in [6, 6.07) is 17.7. The number of hydrogen-bond acceptors (Lipinski definition) is 10. The van der Waals surface area contributed by atoms with Crippen molar-refractivity contribution in [2.24, 2.45) is 5.92 Å². The zero-order chi connectivity index (χ0) is 26.2. The average Bonchev–Trinajstić information content (AvgIpc) is 3.63. The van der Waals surface area contributed by atoms with E-state index in [1.54, 1.807) is 10.6 Å². The van der Waals surface area contributed by atoms with Crippen LogP contribution in [0.25, 0.3) is 15.9 Å². The van der Waals surface area contributed by atoms with Crippen LogP contribution in [-0.2, 0) is 16.1 Å². The smallest absolute Gasteiger partial charge is 0.237 e. The molecule has 0 radical (unpaired) electrons. The van der Waals surface area contributed by atoms with Gasteiger partial charge in [-0.2, -0.15) is 4.52 Å². The molecule has 1 saturated carbocycles. The minimum absolute atomic E-state index is 0.0617. The number of carbonyl (C=O) groups is 1. The summed E-state index contributed by atoms with van der Waals surface area (Å²) in [5.74, 6) is 1.38. The van der Waals surface area contributed by atoms with E-state index in [-0.39, 0.29) is 11.8 Å². The fourth-order valence-corrected chi connectivity index (χ4v) is 6.16. The standard InChI is InChI=1S/C27H25N7O3S2/c35-25(18-3-4-18)29-26-28-21-8-7-20(15-22(21)39-26)38-27-31-30-23-9-10-24(32-34(23)27)37-19-5-1-17(2-6-19)16-33-11-13-36-14-12-33/h1-2,5-10,15,18H,3-4,11-14,16H2,(H,28,29,35). The van der Waals surface area contributed by atoms with Crippen LogP contribution >= 0.6 is 23.1 Å². The van der Waals surface area contributed by atoms with Crippen molar-refractivity contribution in [3.05, 3.63) is 60.2 Å². The molecule has 198 valence electrons. The molecule has 1 aliphatic heterocycles. The monoisotopic (exact) mass is 559 g/mol. The molecule has 2 aromatic carbocycles. The number of benzene rings is 2. The maximum Gasteiger partial charge on any atom is 0.237 e. The minimum Gasteiger partial charge on any atom is -0.438 e. The number of fused-ring (bicyclic) bond motifs is 2. The van der Waals surface area contributed by atoms with Crippen LogP contribution in [0.3, 0.4) is 0 Å². The molecule has 2 aliphatic rings. The summed E-state index contributed by atoms with van der Waals surface area (Å²) < 4.78 is 14.2. The fourth-order valence-electron chi connectivity index (χ4n) is 4.35. The van der Waals surface area contributed by atoms with Crippen molar-refractivity contribution in [2.45, 2.75) is 29.4 Å². The highest BCUT2D eigenvalue weighted by atomic mass is 32.2. The molecule has 39 heavy (non-hydrogen) atoms. The van der Waals surface area contributed by atoms with E-state index in [0.29, 0.717) is 21.8 Å². The number of rotatable bonds is 8. The summed E-state index contributed by atoms with van der Waals surface area (Å²) in [5, 5.41) is 17.4. The van der Waals surface area contributed by atoms with Crippen molar-refractivity contribution >= 4 is 50.0 Å². The number of thiazole rings is 1. The summed E-state index contributed by atoms with van der Waals surface area (Å²) in [5.41, 5.74) is 2.72. The zero-order valence-electron chi connectivity index (χ0n) is 20.9. The van der Waals surface area contributed by atoms with Gasteiger partial charge >= 0.3 is 0 Å². The zero-order valence-corrected chi connectivity index (χ0v) is 22.6. The molecule has 2 fully saturated rings. The SMILES string of the molecule is O=C(Nc1nc2ccc(Sc3nnc4ccc(Oc5ccc(CN6CCOCC6)cc5)nn34)cc2s1)C1CC1. The largest absolute Gasteiger partial charge is 0.438 e. The normalized spacial score (nSPS) is 16.1. The Morgan fingerprint density at radius 1 is 1.08 bits per heavy atom. The first-order valence-corrected chi connectivity index (χ1v) is 14.5. The van der Waals surface area contributed by atoms with Gasteiger partial charge in [0.15, 0.2) is 10.8 Å². The van der Waals surface area contributed by atoms with Gasteiger partial charge in [-0.1, -0.05) is 23.5 Å². The molecule has 3 aromatic heterocycles. The lowest BCUT2D eigenvalue weighted by molar-refractivity contribution is -0.117. The maximum absolute atomic E-state index is 12.1. The summed E-state index contributed by atoms with van der Waals surface area (Å²) in [4.78, 5) is 20.0. The van der Waals surface area contributed by atoms with Crippen molar-refractivity contribution < 1.29 is 14.3 Å². The molecule has 0 atom stereocenters. The Morgan fingerprint density at radius 3 is 2.74 bits per heavy atom. The van der Waals surface area contributed by atoms with E-state index in [1.807, 2.05) is 36.4 Å². The molecule has 12 heteroatoms. The maximum atomic E-state index is 12.1. The average molecular weight is 560 g/mol. The van der Waals surface area contributed by atoms with E-state index >= 15 is 0 Å². The van der Waals surface area contributed by atoms with E-state index in [0.717, 1.165) is 66.6 Å². The molecule has 4 heterocycles. The topological polar surface area (TPSA) is 107 Å². The van der Waals surface area contributed by atoms with Gasteiger partial charge in [0.05, 0.1) is 23.4 Å². The number of carbonyl (C=O) groups excluding carboxylic acids is 1. The summed E-state index contributed by atoms with van der Waals surface area (Å²) in [6.07, 6.45) is 1.93. The van der Waals surface area contributed by atoms with Crippen molar-refractivity contribution in [3.8, 4) is 11.6 Å². The molecule has 1 saturated heterocycles. The number of anilines is 1. The second-order valence-corrected chi connectivity index (χ2v) is 11.6. The molecule has 1 amide bonds. The number of hydrogen-bond donors (Lipinski definition) is 1. The van der Waals surface area contributed by atoms with Gasteiger partial charge < -0.3 is 14.8 Å². The Hall–Kier alpha value is -3.58. The van der Waals surface area contributed by atoms with Crippen molar-refractivity contribution in [2.75, 3.05) is 31.6 Å². The highest BCUT2D eigenvalue weighted by molar-refractivity contribution is 7.99. The fraction of sp³-hybridized carbons (Fsp3) is 0.296. The van der Waals surface area contributed by atoms with Crippen LogP contribution in [0, 0.1) is 5.92 Å². The molecule has 1 aliphatic carbocycles. The molecule has 0 bridgehead atoms. The molecular weight excluding hydrogens is 534 g/mol. The van der Waals surface area contributed by atoms with Crippen LogP contribution in [0.1, 0.15) is 18.4 Å². The lowest BCUT2D eigenvalue weighted by Crippen LogP contribution is -2.35. The van der Waals surface area contributed by atoms with Crippen LogP contribution in [0.5, 0.6) is 11.6 Å². The second-order valence-electron chi connectivity index (χ2n) is 9.57. The van der Waals surface area contributed by atoms with Gasteiger partial charge in [0.1, 0.15) is 5.75 Å². The van der Waals surface area contributed by atoms with Gasteiger partial charge in [-0.15, -0.1) is 15.3 Å². The first kappa shape index (κ1) is 24.5. The van der Waals surface area contributed by atoms with Gasteiger partial charge in [-0.3, -0.25) is 9.69 Å². The predicted octanol–water partition coefficient (Wildman–Crippen LogP) is 4.86. The van der Waals surface area contributed by atoms with Crippen LogP contribution in [-0.4, -0.2) is 61.9 Å². The molecule has 0 unspecified atom stereocenters. The van der Waals surface area contributed by atoms with Gasteiger partial charge in [0, 0.05) is 36.5 Å². The van der Waals surface area contributed by atoms with E-state index in [2.05, 4.69) is 42.6 Å². The lowest BCUT2D eigenvalue weighted by Gasteiger charge is -2.26. The van der Waals surface area contributed by atoms with Crippen molar-refractivity contribution in [3.63, 3.8) is 0 Å². The minimum atomic E-state index is 0.0617. The van der Waals surface area contributed by atoms with Gasteiger partial charge in [0.25, 0.3) is 0 Å².